The third-order valence-electron chi connectivity index (χ3n) is 3.74. The summed E-state index contributed by atoms with van der Waals surface area (Å²) in [5.74, 6) is 0.844. The van der Waals surface area contributed by atoms with Crippen LogP contribution in [0.5, 0.6) is 0 Å². The fourth-order valence-electron chi connectivity index (χ4n) is 2.52. The Bertz CT molecular complexity index is 511. The van der Waals surface area contributed by atoms with E-state index in [1.165, 1.54) is 5.56 Å². The summed E-state index contributed by atoms with van der Waals surface area (Å²) in [5, 5.41) is 6.62. The van der Waals surface area contributed by atoms with Crippen molar-refractivity contribution in [2.75, 3.05) is 32.9 Å². The van der Waals surface area contributed by atoms with Crippen molar-refractivity contribution in [1.82, 2.24) is 10.6 Å². The number of guanidine groups is 1. The van der Waals surface area contributed by atoms with Gasteiger partial charge in [-0.25, -0.2) is 4.99 Å². The molecule has 7 heteroatoms. The van der Waals surface area contributed by atoms with E-state index in [0.717, 1.165) is 62.6 Å². The second-order valence-electron chi connectivity index (χ2n) is 5.82. The van der Waals surface area contributed by atoms with E-state index < -0.39 is 0 Å². The van der Waals surface area contributed by atoms with E-state index in [-0.39, 0.29) is 24.0 Å². The molecule has 1 atom stereocenters. The highest BCUT2D eigenvalue weighted by Crippen LogP contribution is 2.12. The van der Waals surface area contributed by atoms with Gasteiger partial charge in [-0.2, -0.15) is 0 Å². The third kappa shape index (κ3) is 9.77. The van der Waals surface area contributed by atoms with Gasteiger partial charge in [0, 0.05) is 30.8 Å². The van der Waals surface area contributed by atoms with Crippen LogP contribution in [0.2, 0.25) is 0 Å². The molecule has 0 aromatic heterocycles. The Balaban J connectivity index is 0.00000312. The second-order valence-corrected chi connectivity index (χ2v) is 6.73. The Morgan fingerprint density at radius 1 is 1.40 bits per heavy atom. The fraction of sp³-hybridized carbons (Fsp3) is 0.611. The first-order chi connectivity index (χ1) is 11.8. The van der Waals surface area contributed by atoms with Crippen molar-refractivity contribution in [3.8, 4) is 0 Å². The van der Waals surface area contributed by atoms with Crippen molar-refractivity contribution < 1.29 is 9.47 Å². The lowest BCUT2D eigenvalue weighted by atomic mass is 10.2. The number of aliphatic imine (C=N–C) groups is 1. The predicted molar refractivity (Wildman–Crippen MR) is 117 cm³/mol. The van der Waals surface area contributed by atoms with Crippen LogP contribution in [0.3, 0.4) is 0 Å². The molecule has 0 aliphatic carbocycles. The normalized spacial score (nSPS) is 17.2. The maximum Gasteiger partial charge on any atom is 0.191 e. The standard InChI is InChI=1S/C18H28BrN3O2.HI/c1-2-20-18(22-13-15-6-3-7-16(19)12-15)21-9-5-10-23-14-17-8-4-11-24-17;/h3,6-7,12,17H,2,4-5,8-11,13-14H2,1H3,(H2,20,21,22);1H. The molecule has 1 unspecified atom stereocenters. The summed E-state index contributed by atoms with van der Waals surface area (Å²) >= 11 is 3.49. The third-order valence-corrected chi connectivity index (χ3v) is 4.23. The zero-order chi connectivity index (χ0) is 17.0. The number of hydrogen-bond acceptors (Lipinski definition) is 3. The Morgan fingerprint density at radius 2 is 2.28 bits per heavy atom. The molecule has 0 amide bonds. The number of halogens is 2. The van der Waals surface area contributed by atoms with E-state index >= 15 is 0 Å². The molecule has 5 nitrogen and oxygen atoms in total. The van der Waals surface area contributed by atoms with E-state index in [2.05, 4.69) is 50.6 Å². The van der Waals surface area contributed by atoms with E-state index in [1.807, 2.05) is 12.1 Å². The maximum absolute atomic E-state index is 5.67. The summed E-state index contributed by atoms with van der Waals surface area (Å²) in [6.45, 7) is 6.77. The molecule has 0 spiro atoms. The van der Waals surface area contributed by atoms with Crippen LogP contribution in [0, 0.1) is 0 Å². The molecular formula is C18H29BrIN3O2. The first kappa shape index (κ1) is 22.7. The number of rotatable bonds is 9. The summed E-state index contributed by atoms with van der Waals surface area (Å²) in [6, 6.07) is 8.22. The number of nitrogens with zero attached hydrogens (tertiary/aromatic N) is 1. The van der Waals surface area contributed by atoms with Crippen molar-refractivity contribution in [1.29, 1.82) is 0 Å². The molecular weight excluding hydrogens is 497 g/mol. The van der Waals surface area contributed by atoms with Crippen molar-refractivity contribution in [3.63, 3.8) is 0 Å². The minimum Gasteiger partial charge on any atom is -0.379 e. The molecule has 25 heavy (non-hydrogen) atoms. The van der Waals surface area contributed by atoms with Crippen LogP contribution < -0.4 is 10.6 Å². The highest BCUT2D eigenvalue weighted by molar-refractivity contribution is 14.0. The van der Waals surface area contributed by atoms with Gasteiger partial charge in [-0.05, 0) is 43.9 Å². The fourth-order valence-corrected chi connectivity index (χ4v) is 2.97. The molecule has 142 valence electrons. The number of hydrogen-bond donors (Lipinski definition) is 2. The highest BCUT2D eigenvalue weighted by atomic mass is 127. The molecule has 1 heterocycles. The summed E-state index contributed by atoms with van der Waals surface area (Å²) in [7, 11) is 0. The first-order valence-corrected chi connectivity index (χ1v) is 9.53. The Morgan fingerprint density at radius 3 is 3.00 bits per heavy atom. The van der Waals surface area contributed by atoms with Gasteiger partial charge in [-0.3, -0.25) is 0 Å². The minimum atomic E-state index is 0. The van der Waals surface area contributed by atoms with Gasteiger partial charge in [-0.15, -0.1) is 24.0 Å². The molecule has 1 saturated heterocycles. The molecule has 1 aliphatic heterocycles. The monoisotopic (exact) mass is 525 g/mol. The van der Waals surface area contributed by atoms with Gasteiger partial charge in [0.15, 0.2) is 5.96 Å². The molecule has 0 radical (unpaired) electrons. The molecule has 2 N–H and O–H groups in total. The maximum atomic E-state index is 5.67. The number of nitrogens with one attached hydrogen (secondary N) is 2. The van der Waals surface area contributed by atoms with Gasteiger partial charge in [0.05, 0.1) is 19.3 Å². The van der Waals surface area contributed by atoms with Gasteiger partial charge in [0.2, 0.25) is 0 Å². The van der Waals surface area contributed by atoms with Crippen LogP contribution in [0.15, 0.2) is 33.7 Å². The van der Waals surface area contributed by atoms with Crippen LogP contribution >= 0.6 is 39.9 Å². The van der Waals surface area contributed by atoms with Gasteiger partial charge < -0.3 is 20.1 Å². The molecule has 1 fully saturated rings. The molecule has 1 aromatic rings. The van der Waals surface area contributed by atoms with Gasteiger partial charge in [0.1, 0.15) is 0 Å². The zero-order valence-corrected chi connectivity index (χ0v) is 18.7. The summed E-state index contributed by atoms with van der Waals surface area (Å²) < 4.78 is 12.3. The second kappa shape index (κ2) is 13.8. The van der Waals surface area contributed by atoms with E-state index in [0.29, 0.717) is 12.6 Å². The van der Waals surface area contributed by atoms with Gasteiger partial charge in [-0.1, -0.05) is 28.1 Å². The SMILES string of the molecule is CCNC(=NCc1cccc(Br)c1)NCCCOCC1CCCO1.I. The molecule has 2 rings (SSSR count). The molecule has 0 saturated carbocycles. The van der Waals surface area contributed by atoms with Crippen LogP contribution in [-0.4, -0.2) is 45.0 Å². The predicted octanol–water partition coefficient (Wildman–Crippen LogP) is 3.71. The van der Waals surface area contributed by atoms with Crippen molar-refractivity contribution in [2.45, 2.75) is 38.8 Å². The lowest BCUT2D eigenvalue weighted by Crippen LogP contribution is -2.38. The van der Waals surface area contributed by atoms with Crippen molar-refractivity contribution >= 4 is 45.9 Å². The molecule has 0 bridgehead atoms. The lowest BCUT2D eigenvalue weighted by Gasteiger charge is -2.12. The van der Waals surface area contributed by atoms with Crippen molar-refractivity contribution in [2.24, 2.45) is 4.99 Å². The first-order valence-electron chi connectivity index (χ1n) is 8.74. The number of ether oxygens (including phenoxy) is 2. The molecule has 1 aromatic carbocycles. The van der Waals surface area contributed by atoms with E-state index in [1.54, 1.807) is 0 Å². The Hall–Kier alpha value is -0.380. The molecule has 1 aliphatic rings. The summed E-state index contributed by atoms with van der Waals surface area (Å²) in [6.07, 6.45) is 3.55. The van der Waals surface area contributed by atoms with Gasteiger partial charge in [0.25, 0.3) is 0 Å². The van der Waals surface area contributed by atoms with Gasteiger partial charge >= 0.3 is 0 Å². The zero-order valence-electron chi connectivity index (χ0n) is 14.8. The minimum absolute atomic E-state index is 0. The van der Waals surface area contributed by atoms with Crippen LogP contribution in [0.4, 0.5) is 0 Å². The van der Waals surface area contributed by atoms with Crippen LogP contribution in [0.1, 0.15) is 31.7 Å². The topological polar surface area (TPSA) is 54.9 Å². The average molecular weight is 526 g/mol. The average Bonchev–Trinajstić information content (AvgIpc) is 3.09. The summed E-state index contributed by atoms with van der Waals surface area (Å²) in [4.78, 5) is 4.62. The van der Waals surface area contributed by atoms with Crippen LogP contribution in [0.25, 0.3) is 0 Å². The smallest absolute Gasteiger partial charge is 0.191 e. The Labute approximate surface area is 176 Å². The number of benzene rings is 1. The quantitative estimate of drug-likeness (QED) is 0.223. The Kier molecular flexibility index (Phi) is 12.5. The van der Waals surface area contributed by atoms with Crippen LogP contribution in [-0.2, 0) is 16.0 Å². The highest BCUT2D eigenvalue weighted by Gasteiger charge is 2.14. The summed E-state index contributed by atoms with van der Waals surface area (Å²) in [5.41, 5.74) is 1.18. The van der Waals surface area contributed by atoms with E-state index in [9.17, 15) is 0 Å². The van der Waals surface area contributed by atoms with Crippen molar-refractivity contribution in [3.05, 3.63) is 34.3 Å². The van der Waals surface area contributed by atoms with E-state index in [4.69, 9.17) is 9.47 Å². The lowest BCUT2D eigenvalue weighted by molar-refractivity contribution is 0.0168. The largest absolute Gasteiger partial charge is 0.379 e.